The number of aromatic nitrogens is 2. The van der Waals surface area contributed by atoms with Crippen LogP contribution in [-0.4, -0.2) is 9.97 Å². The normalized spacial score (nSPS) is 11.1. The van der Waals surface area contributed by atoms with E-state index in [4.69, 9.17) is 5.73 Å². The number of halogens is 1. The van der Waals surface area contributed by atoms with Gasteiger partial charge < -0.3 is 5.73 Å². The summed E-state index contributed by atoms with van der Waals surface area (Å²) in [6.07, 6.45) is 0.923. The second kappa shape index (κ2) is 5.14. The molecule has 3 nitrogen and oxygen atoms in total. The van der Waals surface area contributed by atoms with E-state index in [9.17, 15) is 0 Å². The predicted molar refractivity (Wildman–Crippen MR) is 76.0 cm³/mol. The number of thiophene rings is 1. The zero-order valence-corrected chi connectivity index (χ0v) is 12.2. The Balaban J connectivity index is 2.37. The van der Waals surface area contributed by atoms with Gasteiger partial charge in [-0.2, -0.15) is 0 Å². The minimum atomic E-state index is 0.537. The molecule has 90 valence electrons. The Morgan fingerprint density at radius 3 is 2.71 bits per heavy atom. The third-order valence-electron chi connectivity index (χ3n) is 2.21. The highest BCUT2D eigenvalue weighted by Crippen LogP contribution is 2.29. The third kappa shape index (κ3) is 3.26. The van der Waals surface area contributed by atoms with Crippen molar-refractivity contribution in [2.75, 3.05) is 5.73 Å². The first-order valence-electron chi connectivity index (χ1n) is 5.43. The van der Waals surface area contributed by atoms with Gasteiger partial charge in [-0.15, -0.1) is 11.3 Å². The Kier molecular flexibility index (Phi) is 3.79. The first-order chi connectivity index (χ1) is 8.04. The SMILES string of the molecule is CC(C)Cc1cc(N)nc(-c2ccc(Br)s2)n1. The highest BCUT2D eigenvalue weighted by atomic mass is 79.9. The van der Waals surface area contributed by atoms with E-state index in [2.05, 4.69) is 39.7 Å². The number of nitrogens with zero attached hydrogens (tertiary/aromatic N) is 2. The molecule has 2 N–H and O–H groups in total. The molecule has 0 aliphatic heterocycles. The van der Waals surface area contributed by atoms with E-state index in [-0.39, 0.29) is 0 Å². The van der Waals surface area contributed by atoms with Crippen LogP contribution in [0.3, 0.4) is 0 Å². The van der Waals surface area contributed by atoms with Crippen molar-refractivity contribution in [1.29, 1.82) is 0 Å². The average Bonchev–Trinajstić information content (AvgIpc) is 2.62. The van der Waals surface area contributed by atoms with Crippen molar-refractivity contribution >= 4 is 33.1 Å². The molecule has 0 spiro atoms. The van der Waals surface area contributed by atoms with Crippen LogP contribution in [0.15, 0.2) is 22.0 Å². The van der Waals surface area contributed by atoms with Crippen LogP contribution in [0.25, 0.3) is 10.7 Å². The van der Waals surface area contributed by atoms with Crippen LogP contribution in [0.5, 0.6) is 0 Å². The molecule has 0 saturated carbocycles. The lowest BCUT2D eigenvalue weighted by Crippen LogP contribution is -2.02. The zero-order chi connectivity index (χ0) is 12.4. The molecule has 2 rings (SSSR count). The highest BCUT2D eigenvalue weighted by molar-refractivity contribution is 9.11. The summed E-state index contributed by atoms with van der Waals surface area (Å²) in [6.45, 7) is 4.33. The van der Waals surface area contributed by atoms with Crippen LogP contribution in [0.2, 0.25) is 0 Å². The van der Waals surface area contributed by atoms with Crippen molar-refractivity contribution in [2.45, 2.75) is 20.3 Å². The van der Waals surface area contributed by atoms with Gasteiger partial charge in [0.1, 0.15) is 5.82 Å². The monoisotopic (exact) mass is 311 g/mol. The molecular weight excluding hydrogens is 298 g/mol. The van der Waals surface area contributed by atoms with Gasteiger partial charge in [0.05, 0.1) is 8.66 Å². The molecule has 17 heavy (non-hydrogen) atoms. The first kappa shape index (κ1) is 12.5. The third-order valence-corrected chi connectivity index (χ3v) is 3.83. The lowest BCUT2D eigenvalue weighted by Gasteiger charge is -2.06. The molecule has 2 aromatic heterocycles. The molecule has 0 saturated heterocycles. The second-order valence-electron chi connectivity index (χ2n) is 4.31. The molecule has 2 aromatic rings. The van der Waals surface area contributed by atoms with Gasteiger partial charge in [-0.3, -0.25) is 0 Å². The van der Waals surface area contributed by atoms with Gasteiger partial charge in [-0.05, 0) is 40.4 Å². The summed E-state index contributed by atoms with van der Waals surface area (Å²) in [4.78, 5) is 9.87. The molecule has 0 fully saturated rings. The number of nitrogens with two attached hydrogens (primary N) is 1. The van der Waals surface area contributed by atoms with Crippen LogP contribution < -0.4 is 5.73 Å². The van der Waals surface area contributed by atoms with Gasteiger partial charge >= 0.3 is 0 Å². The van der Waals surface area contributed by atoms with Gasteiger partial charge in [0, 0.05) is 11.8 Å². The van der Waals surface area contributed by atoms with Crippen molar-refractivity contribution in [3.63, 3.8) is 0 Å². The van der Waals surface area contributed by atoms with E-state index in [1.807, 2.05) is 18.2 Å². The van der Waals surface area contributed by atoms with Gasteiger partial charge in [0.15, 0.2) is 5.82 Å². The standard InChI is InChI=1S/C12H14BrN3S/c1-7(2)5-8-6-11(14)16-12(15-8)9-3-4-10(13)17-9/h3-4,6-7H,5H2,1-2H3,(H2,14,15,16). The Hall–Kier alpha value is -0.940. The topological polar surface area (TPSA) is 51.8 Å². The van der Waals surface area contributed by atoms with Crippen molar-refractivity contribution in [1.82, 2.24) is 9.97 Å². The van der Waals surface area contributed by atoms with Gasteiger partial charge in [-0.25, -0.2) is 9.97 Å². The summed E-state index contributed by atoms with van der Waals surface area (Å²) in [7, 11) is 0. The van der Waals surface area contributed by atoms with E-state index >= 15 is 0 Å². The maximum Gasteiger partial charge on any atom is 0.171 e. The molecule has 2 heterocycles. The van der Waals surface area contributed by atoms with Crippen LogP contribution in [0.1, 0.15) is 19.5 Å². The maximum atomic E-state index is 5.82. The van der Waals surface area contributed by atoms with E-state index in [1.165, 1.54) is 0 Å². The van der Waals surface area contributed by atoms with Crippen LogP contribution in [-0.2, 0) is 6.42 Å². The molecule has 0 unspecified atom stereocenters. The molecule has 0 atom stereocenters. The molecular formula is C12H14BrN3S. The van der Waals surface area contributed by atoms with Gasteiger partial charge in [-0.1, -0.05) is 13.8 Å². The zero-order valence-electron chi connectivity index (χ0n) is 9.77. The highest BCUT2D eigenvalue weighted by Gasteiger charge is 2.08. The lowest BCUT2D eigenvalue weighted by molar-refractivity contribution is 0.635. The second-order valence-corrected chi connectivity index (χ2v) is 6.77. The number of rotatable bonds is 3. The van der Waals surface area contributed by atoms with Crippen LogP contribution >= 0.6 is 27.3 Å². The minimum absolute atomic E-state index is 0.537. The summed E-state index contributed by atoms with van der Waals surface area (Å²) in [6, 6.07) is 5.85. The molecule has 0 bridgehead atoms. The molecule has 5 heteroatoms. The van der Waals surface area contributed by atoms with E-state index in [0.717, 1.165) is 26.6 Å². The quantitative estimate of drug-likeness (QED) is 0.939. The number of hydrogen-bond donors (Lipinski definition) is 1. The Morgan fingerprint density at radius 1 is 1.35 bits per heavy atom. The fraction of sp³-hybridized carbons (Fsp3) is 0.333. The molecule has 0 aliphatic rings. The molecule has 0 aliphatic carbocycles. The van der Waals surface area contributed by atoms with E-state index in [1.54, 1.807) is 11.3 Å². The lowest BCUT2D eigenvalue weighted by atomic mass is 10.1. The number of hydrogen-bond acceptors (Lipinski definition) is 4. The minimum Gasteiger partial charge on any atom is -0.384 e. The van der Waals surface area contributed by atoms with E-state index < -0.39 is 0 Å². The largest absolute Gasteiger partial charge is 0.384 e. The average molecular weight is 312 g/mol. The van der Waals surface area contributed by atoms with Crippen molar-refractivity contribution in [3.8, 4) is 10.7 Å². The Labute approximate surface area is 113 Å². The van der Waals surface area contributed by atoms with Crippen molar-refractivity contribution in [2.24, 2.45) is 5.92 Å². The van der Waals surface area contributed by atoms with Crippen LogP contribution in [0.4, 0.5) is 5.82 Å². The molecule has 0 amide bonds. The number of nitrogen functional groups attached to an aromatic ring is 1. The number of anilines is 1. The predicted octanol–water partition coefficient (Wildman–Crippen LogP) is 3.75. The molecule has 0 aromatic carbocycles. The summed E-state index contributed by atoms with van der Waals surface area (Å²) >= 11 is 5.05. The Bertz CT molecular complexity index is 522. The fourth-order valence-corrected chi connectivity index (χ4v) is 2.91. The van der Waals surface area contributed by atoms with E-state index in [0.29, 0.717) is 11.7 Å². The summed E-state index contributed by atoms with van der Waals surface area (Å²) in [5.74, 6) is 1.82. The molecule has 0 radical (unpaired) electrons. The van der Waals surface area contributed by atoms with Gasteiger partial charge in [0.25, 0.3) is 0 Å². The van der Waals surface area contributed by atoms with Crippen molar-refractivity contribution in [3.05, 3.63) is 27.7 Å². The van der Waals surface area contributed by atoms with Gasteiger partial charge in [0.2, 0.25) is 0 Å². The smallest absolute Gasteiger partial charge is 0.171 e. The summed E-state index contributed by atoms with van der Waals surface area (Å²) in [5, 5.41) is 0. The summed E-state index contributed by atoms with van der Waals surface area (Å²) < 4.78 is 1.07. The maximum absolute atomic E-state index is 5.82. The fourth-order valence-electron chi connectivity index (χ4n) is 1.59. The van der Waals surface area contributed by atoms with Crippen LogP contribution in [0, 0.1) is 5.92 Å². The van der Waals surface area contributed by atoms with Crippen molar-refractivity contribution < 1.29 is 0 Å². The first-order valence-corrected chi connectivity index (χ1v) is 7.04. The Morgan fingerprint density at radius 2 is 2.12 bits per heavy atom. The summed E-state index contributed by atoms with van der Waals surface area (Å²) in [5.41, 5.74) is 6.83.